The summed E-state index contributed by atoms with van der Waals surface area (Å²) in [6.45, 7) is 10.1. The third kappa shape index (κ3) is 4.12. The fraction of sp³-hybridized carbons (Fsp3) is 0.192. The van der Waals surface area contributed by atoms with Crippen molar-refractivity contribution in [3.05, 3.63) is 94.3 Å². The molecule has 1 amide bonds. The Bertz CT molecular complexity index is 1270. The van der Waals surface area contributed by atoms with E-state index in [4.69, 9.17) is 0 Å². The van der Waals surface area contributed by atoms with E-state index in [9.17, 15) is 4.79 Å². The van der Waals surface area contributed by atoms with Crippen molar-refractivity contribution in [2.75, 3.05) is 5.32 Å². The molecule has 1 N–H and O–H groups in total. The molecule has 0 fully saturated rings. The number of anilines is 1. The van der Waals surface area contributed by atoms with Crippen molar-refractivity contribution in [1.29, 1.82) is 0 Å². The van der Waals surface area contributed by atoms with Gasteiger partial charge < -0.3 is 5.32 Å². The summed E-state index contributed by atoms with van der Waals surface area (Å²) in [6, 6.07) is 20.1. The highest BCUT2D eigenvalue weighted by molar-refractivity contribution is 6.02. The smallest absolute Gasteiger partial charge is 0.295 e. The van der Waals surface area contributed by atoms with E-state index in [0.29, 0.717) is 5.82 Å². The lowest BCUT2D eigenvalue weighted by molar-refractivity contribution is 0.101. The summed E-state index contributed by atoms with van der Waals surface area (Å²) in [5, 5.41) is 7.59. The van der Waals surface area contributed by atoms with Crippen molar-refractivity contribution in [1.82, 2.24) is 14.8 Å². The van der Waals surface area contributed by atoms with E-state index in [1.165, 1.54) is 0 Å². The van der Waals surface area contributed by atoms with Gasteiger partial charge in [-0.15, -0.1) is 5.10 Å². The molecule has 1 aromatic heterocycles. The molecule has 5 heteroatoms. The molecule has 1 heterocycles. The van der Waals surface area contributed by atoms with Crippen molar-refractivity contribution in [2.45, 2.75) is 34.6 Å². The van der Waals surface area contributed by atoms with Crippen LogP contribution in [0, 0.1) is 34.6 Å². The number of aromatic nitrogens is 3. The van der Waals surface area contributed by atoms with Crippen molar-refractivity contribution in [3.8, 4) is 17.1 Å². The van der Waals surface area contributed by atoms with Crippen molar-refractivity contribution < 1.29 is 4.79 Å². The second-order valence-electron chi connectivity index (χ2n) is 8.03. The van der Waals surface area contributed by atoms with Gasteiger partial charge in [-0.1, -0.05) is 54.1 Å². The van der Waals surface area contributed by atoms with Crippen LogP contribution in [0.25, 0.3) is 17.1 Å². The summed E-state index contributed by atoms with van der Waals surface area (Å²) in [5.74, 6) is 0.448. The summed E-state index contributed by atoms with van der Waals surface area (Å²) in [7, 11) is 0. The Labute approximate surface area is 182 Å². The molecule has 4 aromatic rings. The first kappa shape index (κ1) is 20.5. The van der Waals surface area contributed by atoms with Crippen LogP contribution in [-0.2, 0) is 0 Å². The zero-order valence-electron chi connectivity index (χ0n) is 18.5. The van der Waals surface area contributed by atoms with Crippen LogP contribution >= 0.6 is 0 Å². The topological polar surface area (TPSA) is 59.8 Å². The number of benzene rings is 3. The lowest BCUT2D eigenvalue weighted by Gasteiger charge is -2.10. The van der Waals surface area contributed by atoms with E-state index in [1.54, 1.807) is 4.68 Å². The van der Waals surface area contributed by atoms with Gasteiger partial charge in [0.25, 0.3) is 5.91 Å². The van der Waals surface area contributed by atoms with Crippen LogP contribution in [0.4, 0.5) is 5.69 Å². The zero-order chi connectivity index (χ0) is 22.1. The molecule has 0 spiro atoms. The highest BCUT2D eigenvalue weighted by Gasteiger charge is 2.20. The van der Waals surface area contributed by atoms with Crippen molar-refractivity contribution >= 4 is 11.6 Å². The Hall–Kier alpha value is -3.73. The van der Waals surface area contributed by atoms with Gasteiger partial charge in [0.05, 0.1) is 5.69 Å². The zero-order valence-corrected chi connectivity index (χ0v) is 18.5. The summed E-state index contributed by atoms with van der Waals surface area (Å²) in [4.78, 5) is 17.7. The first-order chi connectivity index (χ1) is 14.8. The van der Waals surface area contributed by atoms with E-state index < -0.39 is 0 Å². The predicted molar refractivity (Wildman–Crippen MR) is 125 cm³/mol. The Morgan fingerprint density at radius 1 is 0.839 bits per heavy atom. The molecule has 156 valence electrons. The van der Waals surface area contributed by atoms with Crippen LogP contribution in [0.1, 0.15) is 38.4 Å². The van der Waals surface area contributed by atoms with Crippen molar-refractivity contribution in [3.63, 3.8) is 0 Å². The molecule has 0 aliphatic heterocycles. The van der Waals surface area contributed by atoms with E-state index in [-0.39, 0.29) is 11.7 Å². The summed E-state index contributed by atoms with van der Waals surface area (Å²) >= 11 is 0. The van der Waals surface area contributed by atoms with E-state index >= 15 is 0 Å². The minimum absolute atomic E-state index is 0.136. The summed E-state index contributed by atoms with van der Waals surface area (Å²) in [6.07, 6.45) is 0. The largest absolute Gasteiger partial charge is 0.319 e. The van der Waals surface area contributed by atoms with Crippen molar-refractivity contribution in [2.24, 2.45) is 0 Å². The van der Waals surface area contributed by atoms with Gasteiger partial charge in [-0.25, -0.2) is 9.67 Å². The Kier molecular flexibility index (Phi) is 5.42. The second-order valence-corrected chi connectivity index (χ2v) is 8.03. The Morgan fingerprint density at radius 2 is 1.55 bits per heavy atom. The predicted octanol–water partition coefficient (Wildman–Crippen LogP) is 5.73. The maximum absolute atomic E-state index is 13.1. The number of rotatable bonds is 4. The molecule has 0 radical (unpaired) electrons. The van der Waals surface area contributed by atoms with Crippen LogP contribution in [0.5, 0.6) is 0 Å². The fourth-order valence-corrected chi connectivity index (χ4v) is 3.48. The van der Waals surface area contributed by atoms with E-state index in [2.05, 4.69) is 33.6 Å². The van der Waals surface area contributed by atoms with Gasteiger partial charge in [0.2, 0.25) is 5.82 Å². The van der Waals surface area contributed by atoms with Gasteiger partial charge in [0.15, 0.2) is 5.82 Å². The van der Waals surface area contributed by atoms with Gasteiger partial charge in [0, 0.05) is 11.3 Å². The Balaban J connectivity index is 1.81. The lowest BCUT2D eigenvalue weighted by Crippen LogP contribution is -2.15. The quantitative estimate of drug-likeness (QED) is 0.467. The average molecular weight is 411 g/mol. The molecule has 0 saturated carbocycles. The standard InChI is InChI=1S/C26H26N4O/c1-16-10-13-21(14-11-16)25-28-24(26(31)27-22-8-6-7-18(3)20(22)5)29-30(25)23-15-17(2)9-12-19(23)4/h6-15H,1-5H3,(H,27,31). The van der Waals surface area contributed by atoms with Crippen LogP contribution in [0.2, 0.25) is 0 Å². The molecular weight excluding hydrogens is 384 g/mol. The van der Waals surface area contributed by atoms with Crippen LogP contribution in [0.15, 0.2) is 60.7 Å². The molecule has 0 aliphatic carbocycles. The third-order valence-corrected chi connectivity index (χ3v) is 5.57. The fourth-order valence-electron chi connectivity index (χ4n) is 3.48. The minimum Gasteiger partial charge on any atom is -0.319 e. The number of hydrogen-bond acceptors (Lipinski definition) is 3. The molecular formula is C26H26N4O. The number of hydrogen-bond donors (Lipinski definition) is 1. The summed E-state index contributed by atoms with van der Waals surface area (Å²) in [5.41, 5.74) is 8.08. The van der Waals surface area contributed by atoms with E-state index in [1.807, 2.05) is 77.1 Å². The van der Waals surface area contributed by atoms with Crippen LogP contribution < -0.4 is 5.32 Å². The number of carbonyl (C=O) groups is 1. The summed E-state index contributed by atoms with van der Waals surface area (Å²) < 4.78 is 1.77. The molecule has 31 heavy (non-hydrogen) atoms. The van der Waals surface area contributed by atoms with Crippen LogP contribution in [0.3, 0.4) is 0 Å². The van der Waals surface area contributed by atoms with E-state index in [0.717, 1.165) is 44.8 Å². The molecule has 0 saturated heterocycles. The van der Waals surface area contributed by atoms with Gasteiger partial charge in [0.1, 0.15) is 0 Å². The second kappa shape index (κ2) is 8.19. The average Bonchev–Trinajstić information content (AvgIpc) is 3.19. The van der Waals surface area contributed by atoms with Gasteiger partial charge in [-0.3, -0.25) is 4.79 Å². The molecule has 5 nitrogen and oxygen atoms in total. The third-order valence-electron chi connectivity index (χ3n) is 5.57. The number of carbonyl (C=O) groups excluding carboxylic acids is 1. The number of amides is 1. The maximum atomic E-state index is 13.1. The molecule has 0 aliphatic rings. The molecule has 3 aromatic carbocycles. The monoisotopic (exact) mass is 410 g/mol. The Morgan fingerprint density at radius 3 is 2.29 bits per heavy atom. The molecule has 4 rings (SSSR count). The van der Waals surface area contributed by atoms with Crippen LogP contribution in [-0.4, -0.2) is 20.7 Å². The normalized spacial score (nSPS) is 10.9. The van der Waals surface area contributed by atoms with Gasteiger partial charge in [-0.05, 0) is 69.0 Å². The molecule has 0 bridgehead atoms. The van der Waals surface area contributed by atoms with Gasteiger partial charge >= 0.3 is 0 Å². The number of aryl methyl sites for hydroxylation is 4. The first-order valence-corrected chi connectivity index (χ1v) is 10.3. The lowest BCUT2D eigenvalue weighted by atomic mass is 10.1. The molecule has 0 atom stereocenters. The first-order valence-electron chi connectivity index (χ1n) is 10.3. The maximum Gasteiger partial charge on any atom is 0.295 e. The highest BCUT2D eigenvalue weighted by atomic mass is 16.2. The SMILES string of the molecule is Cc1ccc(-c2nc(C(=O)Nc3cccc(C)c3C)nn2-c2cc(C)ccc2C)cc1. The molecule has 0 unspecified atom stereocenters. The number of nitrogens with zero attached hydrogens (tertiary/aromatic N) is 3. The highest BCUT2D eigenvalue weighted by Crippen LogP contribution is 2.25. The minimum atomic E-state index is -0.328. The number of nitrogens with one attached hydrogen (secondary N) is 1. The van der Waals surface area contributed by atoms with Gasteiger partial charge in [-0.2, -0.15) is 0 Å².